The number of benzene rings is 2. The minimum absolute atomic E-state index is 0.0850. The Bertz CT molecular complexity index is 861. The average molecular weight is 419 g/mol. The summed E-state index contributed by atoms with van der Waals surface area (Å²) in [6.07, 6.45) is 0. The number of carbonyl (C=O) groups is 2. The van der Waals surface area contributed by atoms with Crippen LogP contribution in [0, 0.1) is 25.6 Å². The predicted molar refractivity (Wildman–Crippen MR) is 103 cm³/mol. The number of hydrogen-bond donors (Lipinski definition) is 1. The van der Waals surface area contributed by atoms with Gasteiger partial charge in [0.2, 0.25) is 11.8 Å². The molecule has 0 aliphatic carbocycles. The summed E-state index contributed by atoms with van der Waals surface area (Å²) < 4.78 is 14.9. The van der Waals surface area contributed by atoms with E-state index in [1.54, 1.807) is 24.1 Å². The molecule has 6 heteroatoms. The van der Waals surface area contributed by atoms with Crippen molar-refractivity contribution in [2.24, 2.45) is 5.92 Å². The second-order valence-corrected chi connectivity index (χ2v) is 7.53. The highest BCUT2D eigenvalue weighted by Gasteiger charge is 2.44. The van der Waals surface area contributed by atoms with Crippen LogP contribution in [0.2, 0.25) is 0 Å². The number of anilines is 1. The van der Waals surface area contributed by atoms with Crippen molar-refractivity contribution in [3.05, 3.63) is 63.4 Å². The van der Waals surface area contributed by atoms with Crippen LogP contribution in [-0.4, -0.2) is 30.3 Å². The molecule has 26 heavy (non-hydrogen) atoms. The van der Waals surface area contributed by atoms with E-state index in [9.17, 15) is 14.0 Å². The third-order valence-corrected chi connectivity index (χ3v) is 6.07. The number of likely N-dealkylation sites (N-methyl/N-ethyl adjacent to an activating group) is 1. The summed E-state index contributed by atoms with van der Waals surface area (Å²) in [5.74, 6) is -2.40. The summed E-state index contributed by atoms with van der Waals surface area (Å²) in [4.78, 5) is 27.0. The Balaban J connectivity index is 1.94. The molecule has 2 amide bonds. The smallest absolute Gasteiger partial charge is 0.237 e. The number of likely N-dealkylation sites (tertiary alicyclic amines) is 1. The largest absolute Gasteiger partial charge is 0.344 e. The van der Waals surface area contributed by atoms with Gasteiger partial charge in [-0.3, -0.25) is 9.59 Å². The molecule has 0 aromatic heterocycles. The van der Waals surface area contributed by atoms with Crippen LogP contribution >= 0.6 is 15.9 Å². The topological polar surface area (TPSA) is 49.4 Å². The maximum atomic E-state index is 13.9. The quantitative estimate of drug-likeness (QED) is 0.765. The standard InChI is InChI=1S/C20H20BrFN2O2/c1-11-8-13(9-12(2)18(11)21)14-10-24(3)20(26)17(14)19(25)23-16-7-5-4-6-15(16)22/h4-9,14,17H,10H2,1-3H3,(H,23,25)/t14-,17+/m1/s1. The van der Waals surface area contributed by atoms with Crippen molar-refractivity contribution < 1.29 is 14.0 Å². The van der Waals surface area contributed by atoms with Crippen molar-refractivity contribution in [3.63, 3.8) is 0 Å². The summed E-state index contributed by atoms with van der Waals surface area (Å²) >= 11 is 3.54. The first-order valence-corrected chi connectivity index (χ1v) is 9.16. The number of hydrogen-bond acceptors (Lipinski definition) is 2. The van der Waals surface area contributed by atoms with E-state index in [0.29, 0.717) is 6.54 Å². The number of nitrogens with one attached hydrogen (secondary N) is 1. The molecule has 3 rings (SSSR count). The molecule has 2 aromatic carbocycles. The maximum absolute atomic E-state index is 13.9. The van der Waals surface area contributed by atoms with Crippen LogP contribution in [0.15, 0.2) is 40.9 Å². The van der Waals surface area contributed by atoms with E-state index in [1.807, 2.05) is 26.0 Å². The summed E-state index contributed by atoms with van der Waals surface area (Å²) in [7, 11) is 1.68. The lowest BCUT2D eigenvalue weighted by Crippen LogP contribution is -2.33. The van der Waals surface area contributed by atoms with Gasteiger partial charge in [0.15, 0.2) is 0 Å². The Morgan fingerprint density at radius 2 is 1.85 bits per heavy atom. The van der Waals surface area contributed by atoms with E-state index in [4.69, 9.17) is 0 Å². The van der Waals surface area contributed by atoms with Crippen LogP contribution < -0.4 is 5.32 Å². The summed E-state index contributed by atoms with van der Waals surface area (Å²) in [6, 6.07) is 9.95. The first kappa shape index (κ1) is 18.6. The minimum Gasteiger partial charge on any atom is -0.344 e. The van der Waals surface area contributed by atoms with Gasteiger partial charge in [0.05, 0.1) is 5.69 Å². The highest BCUT2D eigenvalue weighted by molar-refractivity contribution is 9.10. The Hall–Kier alpha value is -2.21. The van der Waals surface area contributed by atoms with Crippen molar-refractivity contribution in [2.45, 2.75) is 19.8 Å². The number of nitrogens with zero attached hydrogens (tertiary/aromatic N) is 1. The summed E-state index contributed by atoms with van der Waals surface area (Å²) in [5, 5.41) is 2.57. The van der Waals surface area contributed by atoms with Gasteiger partial charge in [0, 0.05) is 24.0 Å². The lowest BCUT2D eigenvalue weighted by Gasteiger charge is -2.19. The van der Waals surface area contributed by atoms with Gasteiger partial charge in [0.25, 0.3) is 0 Å². The molecular formula is C20H20BrFN2O2. The van der Waals surface area contributed by atoms with Gasteiger partial charge < -0.3 is 10.2 Å². The highest BCUT2D eigenvalue weighted by Crippen LogP contribution is 2.36. The molecule has 1 saturated heterocycles. The molecule has 2 atom stereocenters. The molecule has 1 aliphatic rings. The van der Waals surface area contributed by atoms with Gasteiger partial charge in [-0.25, -0.2) is 4.39 Å². The number of aryl methyl sites for hydroxylation is 2. The van der Waals surface area contributed by atoms with Crippen LogP contribution in [-0.2, 0) is 9.59 Å². The fourth-order valence-corrected chi connectivity index (χ4v) is 3.69. The normalized spacial score (nSPS) is 19.7. The highest BCUT2D eigenvalue weighted by atomic mass is 79.9. The number of halogens is 2. The molecule has 0 bridgehead atoms. The maximum Gasteiger partial charge on any atom is 0.237 e. The van der Waals surface area contributed by atoms with Gasteiger partial charge >= 0.3 is 0 Å². The number of rotatable bonds is 3. The summed E-state index contributed by atoms with van der Waals surface area (Å²) in [5.41, 5.74) is 3.13. The number of para-hydroxylation sites is 1. The molecule has 4 nitrogen and oxygen atoms in total. The molecule has 1 aliphatic heterocycles. The van der Waals surface area contributed by atoms with Crippen molar-refractivity contribution in [3.8, 4) is 0 Å². The van der Waals surface area contributed by atoms with Crippen LogP contribution in [0.4, 0.5) is 10.1 Å². The minimum atomic E-state index is -0.875. The molecule has 1 N–H and O–H groups in total. The lowest BCUT2D eigenvalue weighted by atomic mass is 9.86. The second-order valence-electron chi connectivity index (χ2n) is 6.74. The third kappa shape index (κ3) is 3.38. The molecule has 1 heterocycles. The van der Waals surface area contributed by atoms with E-state index in [-0.39, 0.29) is 17.5 Å². The van der Waals surface area contributed by atoms with E-state index in [0.717, 1.165) is 21.2 Å². The van der Waals surface area contributed by atoms with Gasteiger partial charge in [-0.2, -0.15) is 0 Å². The third-order valence-electron chi connectivity index (χ3n) is 4.82. The Labute approximate surface area is 160 Å². The van der Waals surface area contributed by atoms with Gasteiger partial charge in [-0.05, 0) is 42.7 Å². The molecular weight excluding hydrogens is 399 g/mol. The first-order valence-electron chi connectivity index (χ1n) is 8.36. The summed E-state index contributed by atoms with van der Waals surface area (Å²) in [6.45, 7) is 4.42. The molecule has 1 fully saturated rings. The van der Waals surface area contributed by atoms with Crippen molar-refractivity contribution in [1.29, 1.82) is 0 Å². The fourth-order valence-electron chi connectivity index (χ4n) is 3.46. The predicted octanol–water partition coefficient (Wildman–Crippen LogP) is 4.02. The van der Waals surface area contributed by atoms with E-state index in [2.05, 4.69) is 21.2 Å². The van der Waals surface area contributed by atoms with Gasteiger partial charge in [-0.1, -0.05) is 40.2 Å². The number of carbonyl (C=O) groups excluding carboxylic acids is 2. The Morgan fingerprint density at radius 3 is 2.46 bits per heavy atom. The van der Waals surface area contributed by atoms with Crippen LogP contribution in [0.5, 0.6) is 0 Å². The average Bonchev–Trinajstić information content (AvgIpc) is 2.89. The lowest BCUT2D eigenvalue weighted by molar-refractivity contribution is -0.135. The molecule has 2 aromatic rings. The first-order chi connectivity index (χ1) is 12.3. The van der Waals surface area contributed by atoms with E-state index >= 15 is 0 Å². The zero-order chi connectivity index (χ0) is 19.0. The van der Waals surface area contributed by atoms with Crippen molar-refractivity contribution in [2.75, 3.05) is 18.9 Å². The zero-order valence-electron chi connectivity index (χ0n) is 14.8. The molecule has 0 saturated carbocycles. The molecule has 136 valence electrons. The SMILES string of the molecule is Cc1cc([C@H]2CN(C)C(=O)[C@@H]2C(=O)Nc2ccccc2F)cc(C)c1Br. The van der Waals surface area contributed by atoms with Crippen LogP contribution in [0.25, 0.3) is 0 Å². The van der Waals surface area contributed by atoms with Gasteiger partial charge in [-0.15, -0.1) is 0 Å². The Kier molecular flexibility index (Phi) is 5.14. The van der Waals surface area contributed by atoms with Crippen molar-refractivity contribution >= 4 is 33.4 Å². The van der Waals surface area contributed by atoms with E-state index in [1.165, 1.54) is 12.1 Å². The molecule has 0 unspecified atom stereocenters. The molecule has 0 radical (unpaired) electrons. The fraction of sp³-hybridized carbons (Fsp3) is 0.300. The zero-order valence-corrected chi connectivity index (χ0v) is 16.4. The van der Waals surface area contributed by atoms with Crippen LogP contribution in [0.3, 0.4) is 0 Å². The second kappa shape index (κ2) is 7.19. The Morgan fingerprint density at radius 1 is 1.23 bits per heavy atom. The van der Waals surface area contributed by atoms with Crippen LogP contribution in [0.1, 0.15) is 22.6 Å². The number of amides is 2. The van der Waals surface area contributed by atoms with Crippen molar-refractivity contribution in [1.82, 2.24) is 4.90 Å². The van der Waals surface area contributed by atoms with Gasteiger partial charge in [0.1, 0.15) is 11.7 Å². The monoisotopic (exact) mass is 418 g/mol. The van der Waals surface area contributed by atoms with E-state index < -0.39 is 17.6 Å². The molecule has 0 spiro atoms.